The Balaban J connectivity index is 1.94. The average molecular weight is 433 g/mol. The fourth-order valence-electron chi connectivity index (χ4n) is 3.62. The Bertz CT molecular complexity index is 792. The number of carbonyl (C=O) groups excluding carboxylic acids is 1. The van der Waals surface area contributed by atoms with Crippen LogP contribution < -0.4 is 5.32 Å². The summed E-state index contributed by atoms with van der Waals surface area (Å²) in [6.45, 7) is -1.05. The van der Waals surface area contributed by atoms with Crippen LogP contribution in [-0.2, 0) is 14.6 Å². The molecule has 0 aromatic heterocycles. The smallest absolute Gasteiger partial charge is 0.427 e. The number of benzene rings is 1. The Morgan fingerprint density at radius 1 is 1.28 bits per heavy atom. The highest BCUT2D eigenvalue weighted by atomic mass is 32.2. The maximum atomic E-state index is 14.0. The summed E-state index contributed by atoms with van der Waals surface area (Å²) >= 11 is 0. The van der Waals surface area contributed by atoms with Crippen LogP contribution in [0.4, 0.5) is 8.78 Å². The number of alkyl halides is 2. The Morgan fingerprint density at radius 2 is 1.90 bits per heavy atom. The molecule has 4 N–H and O–H groups in total. The van der Waals surface area contributed by atoms with Gasteiger partial charge in [-0.3, -0.25) is 4.79 Å². The second kappa shape index (κ2) is 9.97. The maximum absolute atomic E-state index is 14.0. The van der Waals surface area contributed by atoms with E-state index < -0.39 is 53.7 Å². The van der Waals surface area contributed by atoms with Crippen molar-refractivity contribution in [3.05, 3.63) is 29.8 Å². The average Bonchev–Trinajstić information content (AvgIpc) is 2.64. The molecule has 1 aromatic rings. The Morgan fingerprint density at radius 3 is 2.38 bits per heavy atom. The number of hydrogen-bond acceptors (Lipinski definition) is 6. The van der Waals surface area contributed by atoms with Gasteiger partial charge in [0.2, 0.25) is 5.91 Å². The highest BCUT2D eigenvalue weighted by molar-refractivity contribution is 7.90. The van der Waals surface area contributed by atoms with Gasteiger partial charge in [0.1, 0.15) is 19.0 Å². The van der Waals surface area contributed by atoms with Crippen LogP contribution in [0, 0.1) is 5.92 Å². The highest BCUT2D eigenvalue weighted by Crippen LogP contribution is 2.37. The molecule has 11 heteroatoms. The van der Waals surface area contributed by atoms with Gasteiger partial charge in [0.25, 0.3) is 0 Å². The van der Waals surface area contributed by atoms with Crippen molar-refractivity contribution in [3.8, 4) is 0 Å². The summed E-state index contributed by atoms with van der Waals surface area (Å²) in [5.74, 6) is -1.73. The molecular formula is C18H26BF2NO6S. The van der Waals surface area contributed by atoms with Crippen LogP contribution in [0.5, 0.6) is 0 Å². The van der Waals surface area contributed by atoms with Crippen molar-refractivity contribution in [2.45, 2.75) is 54.7 Å². The predicted octanol–water partition coefficient (Wildman–Crippen LogP) is 0.949. The summed E-state index contributed by atoms with van der Waals surface area (Å²) in [5.41, 5.74) is 0.251. The lowest BCUT2D eigenvalue weighted by Crippen LogP contribution is -2.42. The zero-order chi connectivity index (χ0) is 21.8. The standard InChI is InChI=1S/C18H26BF2NO6S/c1-29(27,28)13-5-3-12(4-6-13)18(24)16(10-20)22-17(23)9-11-2-7-14(19(25)26)15(21)8-11/h3-6,11,14-16,18,24-26H,2,7-10H2,1H3,(H,22,23)/t11?,14?,15?,16?,18-/m0/s1. The zero-order valence-corrected chi connectivity index (χ0v) is 16.9. The third-order valence-corrected chi connectivity index (χ3v) is 6.46. The van der Waals surface area contributed by atoms with E-state index in [9.17, 15) is 27.1 Å². The van der Waals surface area contributed by atoms with Crippen LogP contribution in [0.3, 0.4) is 0 Å². The van der Waals surface area contributed by atoms with Crippen molar-refractivity contribution in [2.24, 2.45) is 5.92 Å². The van der Waals surface area contributed by atoms with Crippen LogP contribution in [-0.4, -0.2) is 61.7 Å². The van der Waals surface area contributed by atoms with Crippen LogP contribution in [0.1, 0.15) is 37.4 Å². The highest BCUT2D eigenvalue weighted by Gasteiger charge is 2.38. The molecule has 0 spiro atoms. The number of amides is 1. The number of nitrogens with one attached hydrogen (secondary N) is 1. The first-order valence-corrected chi connectivity index (χ1v) is 11.3. The lowest BCUT2D eigenvalue weighted by molar-refractivity contribution is -0.124. The number of hydrogen-bond donors (Lipinski definition) is 4. The minimum atomic E-state index is -3.41. The number of aliphatic hydroxyl groups excluding tert-OH is 1. The van der Waals surface area contributed by atoms with Gasteiger partial charge < -0.3 is 20.5 Å². The normalized spacial score (nSPS) is 24.6. The minimum Gasteiger partial charge on any atom is -0.427 e. The van der Waals surface area contributed by atoms with Crippen molar-refractivity contribution in [2.75, 3.05) is 12.9 Å². The Labute approximate surface area is 169 Å². The van der Waals surface area contributed by atoms with Crippen molar-refractivity contribution in [3.63, 3.8) is 0 Å². The summed E-state index contributed by atoms with van der Waals surface area (Å²) in [4.78, 5) is 12.3. The van der Waals surface area contributed by atoms with Gasteiger partial charge >= 0.3 is 7.12 Å². The van der Waals surface area contributed by atoms with Gasteiger partial charge in [0, 0.05) is 18.5 Å². The largest absolute Gasteiger partial charge is 0.457 e. The first-order valence-electron chi connectivity index (χ1n) is 9.36. The Hall–Kier alpha value is -1.56. The lowest BCUT2D eigenvalue weighted by atomic mass is 9.62. The lowest BCUT2D eigenvalue weighted by Gasteiger charge is -2.31. The molecule has 4 unspecified atom stereocenters. The number of rotatable bonds is 8. The molecule has 0 radical (unpaired) electrons. The molecule has 0 saturated heterocycles. The topological polar surface area (TPSA) is 124 Å². The minimum absolute atomic E-state index is 0.00546. The van der Waals surface area contributed by atoms with E-state index in [1.807, 2.05) is 0 Å². The van der Waals surface area contributed by atoms with E-state index >= 15 is 0 Å². The van der Waals surface area contributed by atoms with Gasteiger partial charge in [-0.1, -0.05) is 12.1 Å². The first kappa shape index (κ1) is 23.7. The predicted molar refractivity (Wildman–Crippen MR) is 103 cm³/mol. The maximum Gasteiger partial charge on any atom is 0.457 e. The molecule has 1 amide bonds. The summed E-state index contributed by atoms with van der Waals surface area (Å²) in [6, 6.07) is 4.06. The Kier molecular flexibility index (Phi) is 8.15. The van der Waals surface area contributed by atoms with E-state index in [2.05, 4.69) is 5.32 Å². The molecule has 0 bridgehead atoms. The first-order chi connectivity index (χ1) is 13.5. The van der Waals surface area contributed by atoms with Crippen molar-refractivity contribution >= 4 is 22.9 Å². The van der Waals surface area contributed by atoms with Gasteiger partial charge in [-0.05, 0) is 42.9 Å². The molecule has 7 nitrogen and oxygen atoms in total. The van der Waals surface area contributed by atoms with E-state index in [0.29, 0.717) is 6.42 Å². The molecule has 1 aliphatic carbocycles. The van der Waals surface area contributed by atoms with E-state index in [0.717, 1.165) is 6.26 Å². The van der Waals surface area contributed by atoms with E-state index in [1.165, 1.54) is 24.3 Å². The fourth-order valence-corrected chi connectivity index (χ4v) is 4.25. The molecule has 5 atom stereocenters. The molecule has 162 valence electrons. The van der Waals surface area contributed by atoms with Crippen molar-refractivity contribution < 1.29 is 37.1 Å². The second-order valence-corrected chi connectivity index (χ2v) is 9.61. The van der Waals surface area contributed by atoms with E-state index in [-0.39, 0.29) is 35.6 Å². The van der Waals surface area contributed by atoms with Gasteiger partial charge in [-0.15, -0.1) is 0 Å². The van der Waals surface area contributed by atoms with Crippen molar-refractivity contribution in [1.29, 1.82) is 0 Å². The van der Waals surface area contributed by atoms with Gasteiger partial charge in [-0.25, -0.2) is 17.2 Å². The molecule has 2 rings (SSSR count). The number of sulfone groups is 1. The van der Waals surface area contributed by atoms with Gasteiger partial charge in [0.05, 0.1) is 10.9 Å². The molecule has 1 saturated carbocycles. The van der Waals surface area contributed by atoms with E-state index in [1.54, 1.807) is 0 Å². The second-order valence-electron chi connectivity index (χ2n) is 7.59. The summed E-state index contributed by atoms with van der Waals surface area (Å²) in [6.07, 6.45) is -1.16. The van der Waals surface area contributed by atoms with Crippen LogP contribution >= 0.6 is 0 Å². The third-order valence-electron chi connectivity index (χ3n) is 5.33. The van der Waals surface area contributed by atoms with Crippen LogP contribution in [0.15, 0.2) is 29.2 Å². The van der Waals surface area contributed by atoms with Gasteiger partial charge in [-0.2, -0.15) is 0 Å². The van der Waals surface area contributed by atoms with Crippen molar-refractivity contribution in [1.82, 2.24) is 5.32 Å². The molecule has 0 heterocycles. The molecular weight excluding hydrogens is 407 g/mol. The van der Waals surface area contributed by atoms with Crippen LogP contribution in [0.2, 0.25) is 5.82 Å². The summed E-state index contributed by atoms with van der Waals surface area (Å²) in [5, 5.41) is 31.0. The molecule has 0 aliphatic heterocycles. The quantitative estimate of drug-likeness (QED) is 0.453. The summed E-state index contributed by atoms with van der Waals surface area (Å²) < 4.78 is 50.4. The SMILES string of the molecule is CS(=O)(=O)c1ccc([C@H](O)C(CF)NC(=O)CC2CCC(B(O)O)C(F)C2)cc1. The zero-order valence-electron chi connectivity index (χ0n) is 16.0. The molecule has 29 heavy (non-hydrogen) atoms. The number of aliphatic hydroxyl groups is 1. The molecule has 1 fully saturated rings. The van der Waals surface area contributed by atoms with Crippen LogP contribution in [0.25, 0.3) is 0 Å². The summed E-state index contributed by atoms with van der Waals surface area (Å²) in [7, 11) is -5.14. The molecule has 1 aromatic carbocycles. The third kappa shape index (κ3) is 6.46. The fraction of sp³-hybridized carbons (Fsp3) is 0.611. The number of carbonyl (C=O) groups is 1. The van der Waals surface area contributed by atoms with Gasteiger partial charge in [0.15, 0.2) is 9.84 Å². The monoisotopic (exact) mass is 433 g/mol. The van der Waals surface area contributed by atoms with E-state index in [4.69, 9.17) is 10.0 Å². The molecule has 1 aliphatic rings. The number of halogens is 2.